The zero-order chi connectivity index (χ0) is 12.3. The maximum absolute atomic E-state index is 9.97. The molecule has 2 rings (SSSR count). The van der Waals surface area contributed by atoms with Gasteiger partial charge in [-0.2, -0.15) is 0 Å². The van der Waals surface area contributed by atoms with E-state index in [0.717, 1.165) is 12.8 Å². The molecular weight excluding hydrogens is 212 g/mol. The van der Waals surface area contributed by atoms with Gasteiger partial charge in [-0.15, -0.1) is 0 Å². The lowest BCUT2D eigenvalue weighted by Crippen LogP contribution is -2.51. The number of hydrogen-bond donors (Lipinski definition) is 2. The van der Waals surface area contributed by atoms with Gasteiger partial charge >= 0.3 is 0 Å². The molecule has 0 aromatic heterocycles. The van der Waals surface area contributed by atoms with E-state index in [1.54, 1.807) is 0 Å². The fraction of sp³-hybridized carbons (Fsp3) is 1.00. The quantitative estimate of drug-likeness (QED) is 0.789. The summed E-state index contributed by atoms with van der Waals surface area (Å²) >= 11 is 0. The van der Waals surface area contributed by atoms with Gasteiger partial charge in [0.2, 0.25) is 0 Å². The average molecular weight is 240 g/mol. The van der Waals surface area contributed by atoms with Gasteiger partial charge in [0.25, 0.3) is 0 Å². The molecule has 2 aliphatic rings. The lowest BCUT2D eigenvalue weighted by atomic mass is 9.91. The molecule has 0 aromatic rings. The molecule has 0 amide bonds. The summed E-state index contributed by atoms with van der Waals surface area (Å²) in [5, 5.41) is 13.7. The van der Waals surface area contributed by atoms with Crippen LogP contribution in [0.3, 0.4) is 0 Å². The summed E-state index contributed by atoms with van der Waals surface area (Å²) in [5.74, 6) is 0. The third kappa shape index (κ3) is 3.67. The lowest BCUT2D eigenvalue weighted by Gasteiger charge is -2.38. The Labute approximate surface area is 106 Å². The first-order chi connectivity index (χ1) is 8.16. The molecule has 17 heavy (non-hydrogen) atoms. The van der Waals surface area contributed by atoms with Gasteiger partial charge in [-0.3, -0.25) is 0 Å². The summed E-state index contributed by atoms with van der Waals surface area (Å²) in [5.41, 5.74) is 0. The van der Waals surface area contributed by atoms with Crippen LogP contribution < -0.4 is 5.32 Å². The second kappa shape index (κ2) is 6.17. The summed E-state index contributed by atoms with van der Waals surface area (Å²) in [7, 11) is 0. The molecule has 2 unspecified atom stereocenters. The van der Waals surface area contributed by atoms with Gasteiger partial charge in [-0.05, 0) is 52.6 Å². The van der Waals surface area contributed by atoms with E-state index in [-0.39, 0.29) is 6.10 Å². The van der Waals surface area contributed by atoms with Gasteiger partial charge in [-0.25, -0.2) is 0 Å². The van der Waals surface area contributed by atoms with Crippen LogP contribution in [0.15, 0.2) is 0 Å². The molecule has 2 N–H and O–H groups in total. The topological polar surface area (TPSA) is 35.5 Å². The Morgan fingerprint density at radius 1 is 1.06 bits per heavy atom. The van der Waals surface area contributed by atoms with Gasteiger partial charge in [0.1, 0.15) is 0 Å². The Kier molecular flexibility index (Phi) is 4.83. The fourth-order valence-electron chi connectivity index (χ4n) is 3.19. The minimum Gasteiger partial charge on any atom is -0.392 e. The minimum absolute atomic E-state index is 0.105. The fourth-order valence-corrected chi connectivity index (χ4v) is 3.19. The van der Waals surface area contributed by atoms with Crippen LogP contribution in [0.5, 0.6) is 0 Å². The van der Waals surface area contributed by atoms with Crippen molar-refractivity contribution in [3.05, 3.63) is 0 Å². The first kappa shape index (κ1) is 13.3. The molecule has 0 spiro atoms. The molecule has 0 bridgehead atoms. The zero-order valence-electron chi connectivity index (χ0n) is 11.4. The number of aliphatic hydroxyl groups excluding tert-OH is 1. The lowest BCUT2D eigenvalue weighted by molar-refractivity contribution is 0.0737. The van der Waals surface area contributed by atoms with Crippen molar-refractivity contribution in [3.8, 4) is 0 Å². The third-order valence-corrected chi connectivity index (χ3v) is 4.44. The predicted octanol–water partition coefficient (Wildman–Crippen LogP) is 1.75. The van der Waals surface area contributed by atoms with Gasteiger partial charge < -0.3 is 15.3 Å². The number of rotatable bonds is 3. The normalized spacial score (nSPS) is 33.2. The maximum atomic E-state index is 9.97. The molecule has 1 heterocycles. The highest BCUT2D eigenvalue weighted by atomic mass is 16.3. The van der Waals surface area contributed by atoms with E-state index in [1.807, 2.05) is 0 Å². The van der Waals surface area contributed by atoms with Gasteiger partial charge in [0.15, 0.2) is 0 Å². The van der Waals surface area contributed by atoms with Crippen molar-refractivity contribution in [3.63, 3.8) is 0 Å². The number of piperidine rings is 1. The first-order valence-corrected chi connectivity index (χ1v) is 7.35. The molecule has 1 aliphatic heterocycles. The van der Waals surface area contributed by atoms with Crippen LogP contribution in [0.1, 0.15) is 52.4 Å². The van der Waals surface area contributed by atoms with E-state index in [0.29, 0.717) is 18.1 Å². The third-order valence-electron chi connectivity index (χ3n) is 4.44. The van der Waals surface area contributed by atoms with E-state index in [4.69, 9.17) is 0 Å². The number of aliphatic hydroxyl groups is 1. The molecule has 0 aromatic carbocycles. The van der Waals surface area contributed by atoms with Crippen LogP contribution in [0, 0.1) is 0 Å². The standard InChI is InChI=1S/C14H28N2O/c1-11(2)16-9-7-12(8-10-16)15-13-5-3-4-6-14(13)17/h11-15,17H,3-10H2,1-2H3. The number of likely N-dealkylation sites (tertiary alicyclic amines) is 1. The van der Waals surface area contributed by atoms with Crippen LogP contribution in [-0.2, 0) is 0 Å². The average Bonchev–Trinajstić information content (AvgIpc) is 2.33. The number of hydrogen-bond acceptors (Lipinski definition) is 3. The molecule has 100 valence electrons. The van der Waals surface area contributed by atoms with Crippen molar-refractivity contribution >= 4 is 0 Å². The maximum Gasteiger partial charge on any atom is 0.0693 e. The second-order valence-electron chi connectivity index (χ2n) is 6.03. The monoisotopic (exact) mass is 240 g/mol. The van der Waals surface area contributed by atoms with Crippen LogP contribution in [0.25, 0.3) is 0 Å². The van der Waals surface area contributed by atoms with E-state index < -0.39 is 0 Å². The molecular formula is C14H28N2O. The summed E-state index contributed by atoms with van der Waals surface area (Å²) in [6.45, 7) is 6.97. The van der Waals surface area contributed by atoms with Crippen molar-refractivity contribution < 1.29 is 5.11 Å². The highest BCUT2D eigenvalue weighted by Crippen LogP contribution is 2.21. The van der Waals surface area contributed by atoms with Crippen LogP contribution in [0.2, 0.25) is 0 Å². The molecule has 2 atom stereocenters. The Balaban J connectivity index is 1.73. The summed E-state index contributed by atoms with van der Waals surface area (Å²) < 4.78 is 0. The molecule has 1 saturated heterocycles. The van der Waals surface area contributed by atoms with Crippen LogP contribution in [-0.4, -0.2) is 47.3 Å². The largest absolute Gasteiger partial charge is 0.392 e. The Bertz CT molecular complexity index is 224. The van der Waals surface area contributed by atoms with Crippen molar-refractivity contribution in [2.45, 2.75) is 76.6 Å². The Morgan fingerprint density at radius 3 is 2.29 bits per heavy atom. The van der Waals surface area contributed by atoms with E-state index >= 15 is 0 Å². The van der Waals surface area contributed by atoms with Gasteiger partial charge in [0.05, 0.1) is 6.10 Å². The van der Waals surface area contributed by atoms with Crippen molar-refractivity contribution in [1.82, 2.24) is 10.2 Å². The summed E-state index contributed by atoms with van der Waals surface area (Å²) in [4.78, 5) is 2.55. The molecule has 3 heteroatoms. The van der Waals surface area contributed by atoms with Crippen molar-refractivity contribution in [2.75, 3.05) is 13.1 Å². The van der Waals surface area contributed by atoms with Crippen LogP contribution in [0.4, 0.5) is 0 Å². The van der Waals surface area contributed by atoms with Crippen LogP contribution >= 0.6 is 0 Å². The van der Waals surface area contributed by atoms with Crippen molar-refractivity contribution in [1.29, 1.82) is 0 Å². The molecule has 1 aliphatic carbocycles. The van der Waals surface area contributed by atoms with Gasteiger partial charge in [-0.1, -0.05) is 12.8 Å². The van der Waals surface area contributed by atoms with E-state index in [1.165, 1.54) is 38.8 Å². The number of nitrogens with zero attached hydrogens (tertiary/aromatic N) is 1. The molecule has 2 fully saturated rings. The SMILES string of the molecule is CC(C)N1CCC(NC2CCCCC2O)CC1. The van der Waals surface area contributed by atoms with Gasteiger partial charge in [0, 0.05) is 18.1 Å². The van der Waals surface area contributed by atoms with E-state index in [2.05, 4.69) is 24.1 Å². The molecule has 1 saturated carbocycles. The molecule has 3 nitrogen and oxygen atoms in total. The first-order valence-electron chi connectivity index (χ1n) is 7.35. The Hall–Kier alpha value is -0.120. The predicted molar refractivity (Wildman–Crippen MR) is 71.1 cm³/mol. The highest BCUT2D eigenvalue weighted by Gasteiger charge is 2.27. The molecule has 0 radical (unpaired) electrons. The van der Waals surface area contributed by atoms with E-state index in [9.17, 15) is 5.11 Å². The smallest absolute Gasteiger partial charge is 0.0693 e. The highest BCUT2D eigenvalue weighted by molar-refractivity contribution is 4.86. The zero-order valence-corrected chi connectivity index (χ0v) is 11.4. The second-order valence-corrected chi connectivity index (χ2v) is 6.03. The minimum atomic E-state index is -0.105. The Morgan fingerprint density at radius 2 is 1.71 bits per heavy atom. The van der Waals surface area contributed by atoms with Crippen molar-refractivity contribution in [2.24, 2.45) is 0 Å². The summed E-state index contributed by atoms with van der Waals surface area (Å²) in [6, 6.07) is 1.67. The summed E-state index contributed by atoms with van der Waals surface area (Å²) in [6.07, 6.45) is 6.99. The number of nitrogens with one attached hydrogen (secondary N) is 1.